The minimum absolute atomic E-state index is 0.244. The van der Waals surface area contributed by atoms with E-state index in [-0.39, 0.29) is 5.91 Å². The summed E-state index contributed by atoms with van der Waals surface area (Å²) in [6.45, 7) is 0.593. The number of amides is 1. The number of nitrogens with one attached hydrogen (secondary N) is 4. The lowest BCUT2D eigenvalue weighted by atomic mass is 10.2. The average molecular weight is 324 g/mol. The van der Waals surface area contributed by atoms with Gasteiger partial charge in [-0.25, -0.2) is 0 Å². The molecule has 1 aromatic heterocycles. The molecule has 0 radical (unpaired) electrons. The summed E-state index contributed by atoms with van der Waals surface area (Å²) >= 11 is 5.15. The number of para-hydroxylation sites is 1. The number of aromatic nitrogens is 1. The molecule has 0 bridgehead atoms. The molecule has 1 amide bonds. The molecule has 0 spiro atoms. The highest BCUT2D eigenvalue weighted by Gasteiger charge is 2.11. The van der Waals surface area contributed by atoms with Crippen molar-refractivity contribution >= 4 is 34.1 Å². The number of H-pyrrole nitrogens is 1. The number of hydrogen-bond acceptors (Lipinski definition) is 2. The molecular weight excluding hydrogens is 308 g/mol. The lowest BCUT2D eigenvalue weighted by Gasteiger charge is -2.11. The first-order valence-corrected chi connectivity index (χ1v) is 7.59. The molecule has 0 saturated heterocycles. The summed E-state index contributed by atoms with van der Waals surface area (Å²) in [5.41, 5.74) is 7.91. The molecule has 1 heterocycles. The van der Waals surface area contributed by atoms with Crippen molar-refractivity contribution in [1.82, 2.24) is 21.2 Å². The number of fused-ring (bicyclic) bond motifs is 1. The molecule has 0 atom stereocenters. The van der Waals surface area contributed by atoms with Crippen molar-refractivity contribution in [2.24, 2.45) is 0 Å². The number of rotatable bonds is 3. The summed E-state index contributed by atoms with van der Waals surface area (Å²) in [5, 5.41) is 4.27. The highest BCUT2D eigenvalue weighted by molar-refractivity contribution is 7.80. The fraction of sp³-hybridized carbons (Fsp3) is 0.0588. The molecule has 0 aliphatic carbocycles. The van der Waals surface area contributed by atoms with Crippen LogP contribution in [0.4, 0.5) is 0 Å². The standard InChI is InChI=1S/C17H16N4OS/c22-16(14-11-18-15-9-5-4-8-13(14)15)20-21-17(23)19-10-12-6-2-1-3-7-12/h1-9,11,18H,10H2,(H,20,22)(H2,19,21,23). The van der Waals surface area contributed by atoms with E-state index in [9.17, 15) is 4.79 Å². The van der Waals surface area contributed by atoms with E-state index in [4.69, 9.17) is 12.2 Å². The normalized spacial score (nSPS) is 10.3. The molecule has 4 N–H and O–H groups in total. The fourth-order valence-electron chi connectivity index (χ4n) is 2.26. The van der Waals surface area contributed by atoms with E-state index in [0.29, 0.717) is 17.2 Å². The fourth-order valence-corrected chi connectivity index (χ4v) is 2.39. The van der Waals surface area contributed by atoms with Crippen LogP contribution in [0.1, 0.15) is 15.9 Å². The van der Waals surface area contributed by atoms with Gasteiger partial charge >= 0.3 is 0 Å². The summed E-state index contributed by atoms with van der Waals surface area (Å²) in [4.78, 5) is 15.3. The molecule has 6 heteroatoms. The van der Waals surface area contributed by atoms with Crippen LogP contribution in [0.3, 0.4) is 0 Å². The molecule has 23 heavy (non-hydrogen) atoms. The highest BCUT2D eigenvalue weighted by Crippen LogP contribution is 2.17. The van der Waals surface area contributed by atoms with E-state index in [1.165, 1.54) is 0 Å². The van der Waals surface area contributed by atoms with Crippen molar-refractivity contribution in [3.05, 3.63) is 71.9 Å². The van der Waals surface area contributed by atoms with E-state index in [1.54, 1.807) is 6.20 Å². The van der Waals surface area contributed by atoms with Crippen LogP contribution in [-0.4, -0.2) is 16.0 Å². The number of aromatic amines is 1. The average Bonchev–Trinajstić information content (AvgIpc) is 3.03. The lowest BCUT2D eigenvalue weighted by molar-refractivity contribution is 0.0945. The number of thiocarbonyl (C=S) groups is 1. The topological polar surface area (TPSA) is 69.0 Å². The summed E-state index contributed by atoms with van der Waals surface area (Å²) in [5.74, 6) is -0.244. The van der Waals surface area contributed by atoms with Crippen LogP contribution in [0.5, 0.6) is 0 Å². The predicted octanol–water partition coefficient (Wildman–Crippen LogP) is 2.48. The lowest BCUT2D eigenvalue weighted by Crippen LogP contribution is -2.46. The van der Waals surface area contributed by atoms with Gasteiger partial charge in [0.25, 0.3) is 5.91 Å². The van der Waals surface area contributed by atoms with E-state index in [2.05, 4.69) is 21.2 Å². The van der Waals surface area contributed by atoms with Gasteiger partial charge in [0, 0.05) is 23.6 Å². The quantitative estimate of drug-likeness (QED) is 0.441. The Labute approximate surface area is 139 Å². The van der Waals surface area contributed by atoms with Crippen LogP contribution in [0.2, 0.25) is 0 Å². The first kappa shape index (κ1) is 15.1. The van der Waals surface area contributed by atoms with Crippen molar-refractivity contribution in [1.29, 1.82) is 0 Å². The molecule has 0 unspecified atom stereocenters. The zero-order valence-electron chi connectivity index (χ0n) is 12.3. The molecule has 2 aromatic carbocycles. The Morgan fingerprint density at radius 2 is 1.74 bits per heavy atom. The second kappa shape index (κ2) is 6.93. The van der Waals surface area contributed by atoms with Crippen molar-refractivity contribution in [3.8, 4) is 0 Å². The number of carbonyl (C=O) groups is 1. The van der Waals surface area contributed by atoms with Gasteiger partial charge in [0.2, 0.25) is 0 Å². The number of hydrazine groups is 1. The van der Waals surface area contributed by atoms with Gasteiger partial charge in [-0.15, -0.1) is 0 Å². The van der Waals surface area contributed by atoms with Gasteiger partial charge in [-0.1, -0.05) is 48.5 Å². The Morgan fingerprint density at radius 3 is 2.57 bits per heavy atom. The predicted molar refractivity (Wildman–Crippen MR) is 94.8 cm³/mol. The van der Waals surface area contributed by atoms with Crippen molar-refractivity contribution in [2.75, 3.05) is 0 Å². The van der Waals surface area contributed by atoms with Crippen LogP contribution in [0.25, 0.3) is 10.9 Å². The number of carbonyl (C=O) groups excluding carboxylic acids is 1. The first-order chi connectivity index (χ1) is 11.2. The van der Waals surface area contributed by atoms with Gasteiger partial charge < -0.3 is 10.3 Å². The maximum Gasteiger partial charge on any atom is 0.271 e. The third-order valence-corrected chi connectivity index (χ3v) is 3.67. The third-order valence-electron chi connectivity index (χ3n) is 3.42. The Balaban J connectivity index is 1.53. The SMILES string of the molecule is O=C(NNC(=S)NCc1ccccc1)c1c[nH]c2ccccc12. The van der Waals surface area contributed by atoms with Gasteiger partial charge in [0.05, 0.1) is 5.56 Å². The second-order valence-electron chi connectivity index (χ2n) is 5.00. The monoisotopic (exact) mass is 324 g/mol. The molecule has 0 aliphatic rings. The zero-order chi connectivity index (χ0) is 16.1. The molecule has 5 nitrogen and oxygen atoms in total. The molecular formula is C17H16N4OS. The maximum absolute atomic E-state index is 12.2. The Kier molecular flexibility index (Phi) is 4.54. The minimum Gasteiger partial charge on any atom is -0.360 e. The maximum atomic E-state index is 12.2. The minimum atomic E-state index is -0.244. The molecule has 0 aliphatic heterocycles. The molecule has 116 valence electrons. The summed E-state index contributed by atoms with van der Waals surface area (Å²) in [6, 6.07) is 17.5. The highest BCUT2D eigenvalue weighted by atomic mass is 32.1. The number of benzene rings is 2. The van der Waals surface area contributed by atoms with E-state index in [1.807, 2.05) is 54.6 Å². The van der Waals surface area contributed by atoms with Crippen molar-refractivity contribution in [2.45, 2.75) is 6.54 Å². The second-order valence-corrected chi connectivity index (χ2v) is 5.40. The summed E-state index contributed by atoms with van der Waals surface area (Å²) < 4.78 is 0. The Morgan fingerprint density at radius 1 is 1.00 bits per heavy atom. The molecule has 0 saturated carbocycles. The largest absolute Gasteiger partial charge is 0.360 e. The van der Waals surface area contributed by atoms with E-state index in [0.717, 1.165) is 16.5 Å². The third kappa shape index (κ3) is 3.67. The number of hydrogen-bond donors (Lipinski definition) is 4. The molecule has 3 aromatic rings. The van der Waals surface area contributed by atoms with Crippen LogP contribution in [0.15, 0.2) is 60.8 Å². The van der Waals surface area contributed by atoms with Crippen molar-refractivity contribution < 1.29 is 4.79 Å². The Hall–Kier alpha value is -2.86. The Bertz CT molecular complexity index is 829. The zero-order valence-corrected chi connectivity index (χ0v) is 13.1. The van der Waals surface area contributed by atoms with Gasteiger partial charge in [0.1, 0.15) is 0 Å². The van der Waals surface area contributed by atoms with Gasteiger partial charge in [0.15, 0.2) is 5.11 Å². The van der Waals surface area contributed by atoms with Gasteiger partial charge in [-0.05, 0) is 23.8 Å². The van der Waals surface area contributed by atoms with Gasteiger partial charge in [-0.2, -0.15) is 0 Å². The van der Waals surface area contributed by atoms with Crippen LogP contribution in [0, 0.1) is 0 Å². The first-order valence-electron chi connectivity index (χ1n) is 7.18. The smallest absolute Gasteiger partial charge is 0.271 e. The van der Waals surface area contributed by atoms with E-state index < -0.39 is 0 Å². The van der Waals surface area contributed by atoms with Gasteiger partial charge in [-0.3, -0.25) is 15.6 Å². The van der Waals surface area contributed by atoms with Crippen LogP contribution >= 0.6 is 12.2 Å². The van der Waals surface area contributed by atoms with Crippen LogP contribution < -0.4 is 16.2 Å². The molecule has 3 rings (SSSR count). The summed E-state index contributed by atoms with van der Waals surface area (Å²) in [6.07, 6.45) is 1.68. The van der Waals surface area contributed by atoms with E-state index >= 15 is 0 Å². The van der Waals surface area contributed by atoms with Crippen molar-refractivity contribution in [3.63, 3.8) is 0 Å². The molecule has 0 fully saturated rings. The van der Waals surface area contributed by atoms with Crippen LogP contribution in [-0.2, 0) is 6.54 Å². The summed E-state index contributed by atoms with van der Waals surface area (Å²) in [7, 11) is 0.